The maximum absolute atomic E-state index is 11.2. The third kappa shape index (κ3) is 3.87. The summed E-state index contributed by atoms with van der Waals surface area (Å²) in [5.74, 6) is -0.838. The van der Waals surface area contributed by atoms with Gasteiger partial charge in [0.25, 0.3) is 0 Å². The van der Waals surface area contributed by atoms with E-state index in [0.29, 0.717) is 5.82 Å². The zero-order chi connectivity index (χ0) is 17.9. The van der Waals surface area contributed by atoms with E-state index >= 15 is 0 Å². The molecule has 2 N–H and O–H groups in total. The van der Waals surface area contributed by atoms with Gasteiger partial charge in [0.1, 0.15) is 36.8 Å². The molecule has 2 rings (SSSR count). The molecule has 0 aliphatic heterocycles. The number of ether oxygens (including phenoxy) is 1. The van der Waals surface area contributed by atoms with Crippen LogP contribution in [-0.4, -0.2) is 43.4 Å². The Morgan fingerprint density at radius 3 is 2.79 bits per heavy atom. The largest absolute Gasteiger partial charge is 0.490 e. The number of rotatable bonds is 7. The molecule has 0 fully saturated rings. The predicted octanol–water partition coefficient (Wildman–Crippen LogP) is 1.55. The first-order chi connectivity index (χ1) is 11.3. The number of nitro groups is 1. The van der Waals surface area contributed by atoms with Gasteiger partial charge in [0.2, 0.25) is 0 Å². The molecular formula is C15H17N3O6. The number of carbonyl (C=O) groups is 1. The Hall–Kier alpha value is -2.94. The van der Waals surface area contributed by atoms with Gasteiger partial charge < -0.3 is 25.1 Å². The van der Waals surface area contributed by atoms with Crippen LogP contribution in [-0.2, 0) is 6.54 Å². The molecule has 1 heterocycles. The molecule has 9 heteroatoms. The van der Waals surface area contributed by atoms with Gasteiger partial charge in [-0.1, -0.05) is 6.07 Å². The van der Waals surface area contributed by atoms with Crippen molar-refractivity contribution in [1.29, 1.82) is 0 Å². The summed E-state index contributed by atoms with van der Waals surface area (Å²) in [6.07, 6.45) is 0.0465. The van der Waals surface area contributed by atoms with E-state index in [1.165, 1.54) is 10.6 Å². The molecular weight excluding hydrogens is 318 g/mol. The van der Waals surface area contributed by atoms with Crippen molar-refractivity contribution in [1.82, 2.24) is 9.55 Å². The monoisotopic (exact) mass is 335 g/mol. The second-order valence-electron chi connectivity index (χ2n) is 5.30. The summed E-state index contributed by atoms with van der Waals surface area (Å²) < 4.78 is 6.66. The van der Waals surface area contributed by atoms with Crippen LogP contribution in [0.5, 0.6) is 5.75 Å². The van der Waals surface area contributed by atoms with Gasteiger partial charge in [-0.25, -0.2) is 14.3 Å². The lowest BCUT2D eigenvalue weighted by atomic mass is 10.1. The molecule has 0 spiro atoms. The van der Waals surface area contributed by atoms with Crippen LogP contribution in [0, 0.1) is 24.0 Å². The zero-order valence-corrected chi connectivity index (χ0v) is 13.2. The maximum atomic E-state index is 11.2. The normalized spacial score (nSPS) is 12.0. The summed E-state index contributed by atoms with van der Waals surface area (Å²) >= 11 is 0. The lowest BCUT2D eigenvalue weighted by molar-refractivity contribution is -0.392. The standard InChI is InChI=1S/C15H17N3O6/c1-9-3-4-12(15(20)21)13(5-9)24-8-11(19)7-17-10(2)16-6-14(17)18(22)23/h3-6,11,19H,7-8H2,1-2H3,(H,20,21). The van der Waals surface area contributed by atoms with Gasteiger partial charge in [0, 0.05) is 6.92 Å². The highest BCUT2D eigenvalue weighted by atomic mass is 16.6. The van der Waals surface area contributed by atoms with E-state index in [2.05, 4.69) is 4.98 Å². The predicted molar refractivity (Wildman–Crippen MR) is 83.3 cm³/mol. The van der Waals surface area contributed by atoms with Crippen LogP contribution in [0.15, 0.2) is 24.4 Å². The molecule has 9 nitrogen and oxygen atoms in total. The number of nitrogens with zero attached hydrogens (tertiary/aromatic N) is 3. The number of aromatic nitrogens is 2. The van der Waals surface area contributed by atoms with Crippen molar-refractivity contribution in [3.05, 3.63) is 51.5 Å². The van der Waals surface area contributed by atoms with Gasteiger partial charge in [-0.15, -0.1) is 0 Å². The van der Waals surface area contributed by atoms with E-state index in [9.17, 15) is 20.0 Å². The highest BCUT2D eigenvalue weighted by Gasteiger charge is 2.21. The number of carboxylic acids is 1. The molecule has 24 heavy (non-hydrogen) atoms. The lowest BCUT2D eigenvalue weighted by Gasteiger charge is -2.14. The van der Waals surface area contributed by atoms with Crippen LogP contribution in [0.4, 0.5) is 5.82 Å². The Balaban J connectivity index is 2.08. The number of imidazole rings is 1. The van der Waals surface area contributed by atoms with Crippen molar-refractivity contribution < 1.29 is 24.7 Å². The summed E-state index contributed by atoms with van der Waals surface area (Å²) in [5.41, 5.74) is 0.795. The molecule has 128 valence electrons. The van der Waals surface area contributed by atoms with Gasteiger partial charge in [-0.3, -0.25) is 0 Å². The van der Waals surface area contributed by atoms with Crippen molar-refractivity contribution in [3.8, 4) is 5.75 Å². The van der Waals surface area contributed by atoms with Gasteiger partial charge in [-0.2, -0.15) is 0 Å². The Labute approximate surface area is 137 Å². The molecule has 0 saturated heterocycles. The minimum atomic E-state index is -1.14. The summed E-state index contributed by atoms with van der Waals surface area (Å²) in [6.45, 7) is 3.08. The molecule has 0 radical (unpaired) electrons. The van der Waals surface area contributed by atoms with E-state index < -0.39 is 17.0 Å². The fourth-order valence-corrected chi connectivity index (χ4v) is 2.20. The first kappa shape index (κ1) is 17.4. The fourth-order valence-electron chi connectivity index (χ4n) is 2.20. The highest BCUT2D eigenvalue weighted by Crippen LogP contribution is 2.21. The van der Waals surface area contributed by atoms with Crippen LogP contribution < -0.4 is 4.74 Å². The fraction of sp³-hybridized carbons (Fsp3) is 0.333. The van der Waals surface area contributed by atoms with Crippen molar-refractivity contribution in [2.45, 2.75) is 26.5 Å². The summed E-state index contributed by atoms with van der Waals surface area (Å²) in [5, 5.41) is 30.1. The minimum absolute atomic E-state index is 0.0161. The van der Waals surface area contributed by atoms with Crippen molar-refractivity contribution >= 4 is 11.8 Å². The molecule has 0 aliphatic rings. The summed E-state index contributed by atoms with van der Waals surface area (Å²) in [6, 6.07) is 4.62. The number of aromatic carboxylic acids is 1. The lowest BCUT2D eigenvalue weighted by Crippen LogP contribution is -2.25. The average Bonchev–Trinajstić information content (AvgIpc) is 2.86. The number of aliphatic hydroxyl groups excluding tert-OH is 1. The quantitative estimate of drug-likeness (QED) is 0.580. The molecule has 0 bridgehead atoms. The van der Waals surface area contributed by atoms with Gasteiger partial charge in [0.15, 0.2) is 5.82 Å². The van der Waals surface area contributed by atoms with Crippen LogP contribution in [0.1, 0.15) is 21.7 Å². The third-order valence-corrected chi connectivity index (χ3v) is 3.41. The van der Waals surface area contributed by atoms with Crippen molar-refractivity contribution in [2.24, 2.45) is 0 Å². The molecule has 0 saturated carbocycles. The first-order valence-corrected chi connectivity index (χ1v) is 7.11. The first-order valence-electron chi connectivity index (χ1n) is 7.11. The van der Waals surface area contributed by atoms with E-state index in [0.717, 1.165) is 11.8 Å². The van der Waals surface area contributed by atoms with E-state index in [-0.39, 0.29) is 30.3 Å². The maximum Gasteiger partial charge on any atom is 0.342 e. The van der Waals surface area contributed by atoms with E-state index in [4.69, 9.17) is 9.84 Å². The molecule has 0 amide bonds. The minimum Gasteiger partial charge on any atom is -0.490 e. The molecule has 1 atom stereocenters. The number of hydrogen-bond acceptors (Lipinski definition) is 6. The van der Waals surface area contributed by atoms with Crippen molar-refractivity contribution in [2.75, 3.05) is 6.61 Å². The number of aliphatic hydroxyl groups is 1. The van der Waals surface area contributed by atoms with Crippen molar-refractivity contribution in [3.63, 3.8) is 0 Å². The van der Waals surface area contributed by atoms with Gasteiger partial charge >= 0.3 is 11.8 Å². The van der Waals surface area contributed by atoms with Gasteiger partial charge in [0.05, 0.1) is 0 Å². The number of carboxylic acid groups (broad SMARTS) is 1. The Morgan fingerprint density at radius 2 is 2.17 bits per heavy atom. The molecule has 1 aromatic heterocycles. The zero-order valence-electron chi connectivity index (χ0n) is 13.2. The second kappa shape index (κ2) is 7.09. The Morgan fingerprint density at radius 1 is 1.46 bits per heavy atom. The topological polar surface area (TPSA) is 128 Å². The SMILES string of the molecule is Cc1ccc(C(=O)O)c(OCC(O)Cn2c([N+](=O)[O-])cnc2C)c1. The highest BCUT2D eigenvalue weighted by molar-refractivity contribution is 5.90. The summed E-state index contributed by atoms with van der Waals surface area (Å²) in [7, 11) is 0. The van der Waals surface area contributed by atoms with Crippen LogP contribution in [0.25, 0.3) is 0 Å². The Kier molecular flexibility index (Phi) is 5.14. The molecule has 2 aromatic rings. The molecule has 1 unspecified atom stereocenters. The van der Waals surface area contributed by atoms with Gasteiger partial charge in [-0.05, 0) is 29.5 Å². The summed E-state index contributed by atoms with van der Waals surface area (Å²) in [4.78, 5) is 25.4. The molecule has 1 aromatic carbocycles. The number of benzene rings is 1. The number of hydrogen-bond donors (Lipinski definition) is 2. The second-order valence-corrected chi connectivity index (χ2v) is 5.30. The average molecular weight is 335 g/mol. The van der Waals surface area contributed by atoms with Crippen LogP contribution in [0.3, 0.4) is 0 Å². The van der Waals surface area contributed by atoms with Crippen LogP contribution in [0.2, 0.25) is 0 Å². The number of aryl methyl sites for hydroxylation is 2. The van der Waals surface area contributed by atoms with Crippen LogP contribution >= 0.6 is 0 Å². The molecule has 0 aliphatic carbocycles. The van der Waals surface area contributed by atoms with E-state index in [1.54, 1.807) is 26.0 Å². The third-order valence-electron chi connectivity index (χ3n) is 3.41. The smallest absolute Gasteiger partial charge is 0.342 e. The van der Waals surface area contributed by atoms with E-state index in [1.807, 2.05) is 0 Å². The Bertz CT molecular complexity index is 771.